The third-order valence-corrected chi connectivity index (χ3v) is 4.09. The number of aliphatic carboxylic acids is 1. The highest BCUT2D eigenvalue weighted by atomic mass is 35.5. The number of ether oxygens (including phenoxy) is 1. The summed E-state index contributed by atoms with van der Waals surface area (Å²) in [5, 5.41) is 9.70. The summed E-state index contributed by atoms with van der Waals surface area (Å²) in [6.07, 6.45) is 2.70. The standard InChI is InChI=1S/C17H20ClNO4/c1-2-15-14(4-3-9-23-15)17(22)19(11-16(20)21)10-12-5-7-13(18)8-6-12/h2,5-8,14-15H,1,3-4,9-11H2,(H,20,21)/t14-,15+/m1/s1. The smallest absolute Gasteiger partial charge is 0.323 e. The van der Waals surface area contributed by atoms with Crippen molar-refractivity contribution in [1.29, 1.82) is 0 Å². The molecule has 1 fully saturated rings. The average molecular weight is 338 g/mol. The van der Waals surface area contributed by atoms with Crippen LogP contribution in [0.5, 0.6) is 0 Å². The van der Waals surface area contributed by atoms with Crippen LogP contribution in [-0.4, -0.2) is 41.1 Å². The van der Waals surface area contributed by atoms with Crippen LogP contribution >= 0.6 is 11.6 Å². The summed E-state index contributed by atoms with van der Waals surface area (Å²) in [4.78, 5) is 25.3. The third kappa shape index (κ3) is 4.81. The first-order chi connectivity index (χ1) is 11.0. The highest BCUT2D eigenvalue weighted by Gasteiger charge is 2.33. The van der Waals surface area contributed by atoms with Crippen molar-refractivity contribution in [3.05, 3.63) is 47.5 Å². The molecule has 0 unspecified atom stereocenters. The molecule has 2 atom stereocenters. The van der Waals surface area contributed by atoms with Gasteiger partial charge in [-0.25, -0.2) is 0 Å². The molecule has 5 nitrogen and oxygen atoms in total. The van der Waals surface area contributed by atoms with Crippen LogP contribution in [0.4, 0.5) is 0 Å². The number of carboxylic acid groups (broad SMARTS) is 1. The van der Waals surface area contributed by atoms with Crippen molar-refractivity contribution in [2.45, 2.75) is 25.5 Å². The molecule has 0 aromatic heterocycles. The van der Waals surface area contributed by atoms with Gasteiger partial charge in [-0.15, -0.1) is 6.58 Å². The molecule has 1 aromatic carbocycles. The van der Waals surface area contributed by atoms with E-state index in [4.69, 9.17) is 21.4 Å². The van der Waals surface area contributed by atoms with Gasteiger partial charge in [0.2, 0.25) is 5.91 Å². The summed E-state index contributed by atoms with van der Waals surface area (Å²) in [5.41, 5.74) is 0.830. The Morgan fingerprint density at radius 3 is 2.70 bits per heavy atom. The van der Waals surface area contributed by atoms with E-state index >= 15 is 0 Å². The number of benzene rings is 1. The van der Waals surface area contributed by atoms with Crippen molar-refractivity contribution in [2.24, 2.45) is 5.92 Å². The molecule has 124 valence electrons. The second-order valence-corrected chi connectivity index (χ2v) is 5.97. The second kappa shape index (κ2) is 8.13. The Labute approximate surface area is 140 Å². The van der Waals surface area contributed by atoms with E-state index in [9.17, 15) is 9.59 Å². The van der Waals surface area contributed by atoms with Crippen LogP contribution in [-0.2, 0) is 20.9 Å². The van der Waals surface area contributed by atoms with Crippen molar-refractivity contribution in [1.82, 2.24) is 4.90 Å². The number of carbonyl (C=O) groups excluding carboxylic acids is 1. The van der Waals surface area contributed by atoms with Crippen LogP contribution in [0.1, 0.15) is 18.4 Å². The summed E-state index contributed by atoms with van der Waals surface area (Å²) >= 11 is 5.85. The lowest BCUT2D eigenvalue weighted by Crippen LogP contribution is -2.44. The fourth-order valence-electron chi connectivity index (χ4n) is 2.72. The van der Waals surface area contributed by atoms with Crippen LogP contribution in [0.15, 0.2) is 36.9 Å². The molecule has 2 rings (SSSR count). The van der Waals surface area contributed by atoms with Gasteiger partial charge in [-0.3, -0.25) is 9.59 Å². The minimum absolute atomic E-state index is 0.216. The maximum atomic E-state index is 12.8. The summed E-state index contributed by atoms with van der Waals surface area (Å²) in [5.74, 6) is -1.64. The number of rotatable bonds is 6. The molecule has 0 spiro atoms. The molecule has 1 aliphatic heterocycles. The first kappa shape index (κ1) is 17.5. The Balaban J connectivity index is 2.15. The summed E-state index contributed by atoms with van der Waals surface area (Å²) in [7, 11) is 0. The SMILES string of the molecule is C=C[C@@H]1OCCC[C@H]1C(=O)N(CC(=O)O)Cc1ccc(Cl)cc1. The predicted molar refractivity (Wildman–Crippen MR) is 87.2 cm³/mol. The quantitative estimate of drug-likeness (QED) is 0.810. The van der Waals surface area contributed by atoms with E-state index < -0.39 is 5.97 Å². The molecule has 0 saturated carbocycles. The molecule has 23 heavy (non-hydrogen) atoms. The van der Waals surface area contributed by atoms with Crippen molar-refractivity contribution >= 4 is 23.5 Å². The molecule has 0 aliphatic carbocycles. The van der Waals surface area contributed by atoms with Crippen LogP contribution < -0.4 is 0 Å². The van der Waals surface area contributed by atoms with E-state index in [1.54, 1.807) is 30.3 Å². The summed E-state index contributed by atoms with van der Waals surface area (Å²) in [6.45, 7) is 4.18. The Bertz CT molecular complexity index is 572. The van der Waals surface area contributed by atoms with E-state index in [2.05, 4.69) is 6.58 Å². The molecule has 1 aliphatic rings. The molecule has 1 saturated heterocycles. The first-order valence-electron chi connectivity index (χ1n) is 7.50. The minimum Gasteiger partial charge on any atom is -0.480 e. The van der Waals surface area contributed by atoms with Gasteiger partial charge in [0.25, 0.3) is 0 Å². The molecule has 1 N–H and O–H groups in total. The van der Waals surface area contributed by atoms with E-state index in [1.807, 2.05) is 0 Å². The van der Waals surface area contributed by atoms with Crippen LogP contribution in [0.3, 0.4) is 0 Å². The fourth-order valence-corrected chi connectivity index (χ4v) is 2.85. The average Bonchev–Trinajstić information content (AvgIpc) is 2.55. The lowest BCUT2D eigenvalue weighted by Gasteiger charge is -2.32. The number of carboxylic acids is 1. The lowest BCUT2D eigenvalue weighted by molar-refractivity contribution is -0.150. The molecule has 6 heteroatoms. The maximum absolute atomic E-state index is 12.8. The van der Waals surface area contributed by atoms with Gasteiger partial charge >= 0.3 is 5.97 Å². The first-order valence-corrected chi connectivity index (χ1v) is 7.88. The molecule has 1 heterocycles. The molecule has 0 radical (unpaired) electrons. The number of halogens is 1. The molecule has 1 aromatic rings. The normalized spacial score (nSPS) is 20.7. The predicted octanol–water partition coefficient (Wildman–Crippen LogP) is 2.73. The second-order valence-electron chi connectivity index (χ2n) is 5.53. The Morgan fingerprint density at radius 1 is 1.39 bits per heavy atom. The highest BCUT2D eigenvalue weighted by Crippen LogP contribution is 2.24. The van der Waals surface area contributed by atoms with Gasteiger partial charge in [0.15, 0.2) is 0 Å². The van der Waals surface area contributed by atoms with Crippen LogP contribution in [0, 0.1) is 5.92 Å². The van der Waals surface area contributed by atoms with Crippen molar-refractivity contribution in [3.63, 3.8) is 0 Å². The third-order valence-electron chi connectivity index (χ3n) is 3.84. The Hall–Kier alpha value is -1.85. The van der Waals surface area contributed by atoms with E-state index in [0.29, 0.717) is 18.1 Å². The maximum Gasteiger partial charge on any atom is 0.323 e. The van der Waals surface area contributed by atoms with Crippen molar-refractivity contribution in [3.8, 4) is 0 Å². The summed E-state index contributed by atoms with van der Waals surface area (Å²) < 4.78 is 5.55. The molecular weight excluding hydrogens is 318 g/mol. The van der Waals surface area contributed by atoms with Gasteiger partial charge < -0.3 is 14.7 Å². The number of carbonyl (C=O) groups is 2. The number of hydrogen-bond acceptors (Lipinski definition) is 3. The van der Waals surface area contributed by atoms with E-state index in [1.165, 1.54) is 4.90 Å². The zero-order chi connectivity index (χ0) is 16.8. The number of amides is 1. The van der Waals surface area contributed by atoms with Crippen molar-refractivity contribution < 1.29 is 19.4 Å². The van der Waals surface area contributed by atoms with E-state index in [0.717, 1.165) is 12.0 Å². The summed E-state index contributed by atoms with van der Waals surface area (Å²) in [6, 6.07) is 7.01. The fraction of sp³-hybridized carbons (Fsp3) is 0.412. The zero-order valence-electron chi connectivity index (χ0n) is 12.8. The Kier molecular flexibility index (Phi) is 6.19. The van der Waals surface area contributed by atoms with Gasteiger partial charge in [-0.2, -0.15) is 0 Å². The van der Waals surface area contributed by atoms with Gasteiger partial charge in [0, 0.05) is 18.2 Å². The minimum atomic E-state index is -1.04. The van der Waals surface area contributed by atoms with Gasteiger partial charge in [0.1, 0.15) is 6.54 Å². The van der Waals surface area contributed by atoms with Crippen LogP contribution in [0.25, 0.3) is 0 Å². The molecule has 1 amide bonds. The monoisotopic (exact) mass is 337 g/mol. The zero-order valence-corrected chi connectivity index (χ0v) is 13.5. The van der Waals surface area contributed by atoms with Crippen molar-refractivity contribution in [2.75, 3.05) is 13.2 Å². The topological polar surface area (TPSA) is 66.8 Å². The lowest BCUT2D eigenvalue weighted by atomic mass is 9.92. The molecular formula is C17H20ClNO4. The number of hydrogen-bond donors (Lipinski definition) is 1. The largest absolute Gasteiger partial charge is 0.480 e. The Morgan fingerprint density at radius 2 is 2.09 bits per heavy atom. The van der Waals surface area contributed by atoms with E-state index in [-0.39, 0.29) is 31.0 Å². The van der Waals surface area contributed by atoms with Gasteiger partial charge in [0.05, 0.1) is 12.0 Å². The number of nitrogens with zero attached hydrogens (tertiary/aromatic N) is 1. The van der Waals surface area contributed by atoms with Gasteiger partial charge in [-0.05, 0) is 30.5 Å². The molecule has 0 bridgehead atoms. The highest BCUT2D eigenvalue weighted by molar-refractivity contribution is 6.30. The van der Waals surface area contributed by atoms with Gasteiger partial charge in [-0.1, -0.05) is 29.8 Å². The van der Waals surface area contributed by atoms with Crippen LogP contribution in [0.2, 0.25) is 5.02 Å².